The molecule has 2 aromatic heterocycles. The summed E-state index contributed by atoms with van der Waals surface area (Å²) in [6.45, 7) is 0. The van der Waals surface area contributed by atoms with E-state index in [4.69, 9.17) is 11.0 Å². The molecule has 3 atom stereocenters. The van der Waals surface area contributed by atoms with Crippen molar-refractivity contribution in [3.8, 4) is 6.07 Å². The maximum atomic E-state index is 9.88. The van der Waals surface area contributed by atoms with Gasteiger partial charge < -0.3 is 26.2 Å². The quantitative estimate of drug-likeness (QED) is 0.506. The average molecular weight is 274 g/mol. The Balaban J connectivity index is 2.02. The average Bonchev–Trinajstić information content (AvgIpc) is 2.96. The largest absolute Gasteiger partial charge is 0.390 e. The van der Waals surface area contributed by atoms with Gasteiger partial charge in [-0.1, -0.05) is 0 Å². The zero-order valence-corrected chi connectivity index (χ0v) is 10.5. The number of hydrogen-bond donors (Lipinski definition) is 5. The molecule has 1 aliphatic carbocycles. The number of H-pyrrole nitrogens is 1. The third-order valence-corrected chi connectivity index (χ3v) is 3.57. The maximum absolute atomic E-state index is 9.88. The molecule has 0 bridgehead atoms. The van der Waals surface area contributed by atoms with Crippen molar-refractivity contribution in [1.82, 2.24) is 15.0 Å². The van der Waals surface area contributed by atoms with E-state index in [9.17, 15) is 10.2 Å². The summed E-state index contributed by atoms with van der Waals surface area (Å²) in [7, 11) is 0. The van der Waals surface area contributed by atoms with Crippen molar-refractivity contribution in [2.75, 3.05) is 11.1 Å². The van der Waals surface area contributed by atoms with E-state index in [2.05, 4.69) is 26.3 Å². The molecule has 20 heavy (non-hydrogen) atoms. The van der Waals surface area contributed by atoms with E-state index in [-0.39, 0.29) is 12.0 Å². The van der Waals surface area contributed by atoms with Crippen LogP contribution in [0.3, 0.4) is 0 Å². The van der Waals surface area contributed by atoms with Crippen LogP contribution >= 0.6 is 0 Å². The van der Waals surface area contributed by atoms with Gasteiger partial charge in [-0.3, -0.25) is 0 Å². The summed E-state index contributed by atoms with van der Waals surface area (Å²) in [5, 5.41) is 32.1. The SMILES string of the molecule is N#Cc1c[nH]c2nc(N)nc(N[C@@H]3CC[C@@H](O)[C@H]3O)c12. The molecule has 0 saturated heterocycles. The first-order valence-corrected chi connectivity index (χ1v) is 6.27. The Kier molecular flexibility index (Phi) is 2.93. The molecule has 3 rings (SSSR count). The summed E-state index contributed by atoms with van der Waals surface area (Å²) in [5.74, 6) is 0.461. The number of nitrogens with zero attached hydrogens (tertiary/aromatic N) is 3. The molecule has 2 heterocycles. The minimum absolute atomic E-state index is 0.0689. The first kappa shape index (κ1) is 12.7. The van der Waals surface area contributed by atoms with Gasteiger partial charge in [-0.2, -0.15) is 15.2 Å². The number of rotatable bonds is 2. The normalized spacial score (nSPS) is 25.8. The van der Waals surface area contributed by atoms with E-state index in [1.54, 1.807) is 0 Å². The summed E-state index contributed by atoms with van der Waals surface area (Å²) in [6.07, 6.45) is 1.04. The summed E-state index contributed by atoms with van der Waals surface area (Å²) in [6, 6.07) is 1.72. The number of aliphatic hydroxyl groups is 2. The van der Waals surface area contributed by atoms with Gasteiger partial charge in [-0.15, -0.1) is 0 Å². The number of nitrogens with one attached hydrogen (secondary N) is 2. The van der Waals surface area contributed by atoms with E-state index in [0.717, 1.165) is 0 Å². The van der Waals surface area contributed by atoms with Crippen LogP contribution in [0.5, 0.6) is 0 Å². The Hall–Kier alpha value is -2.37. The van der Waals surface area contributed by atoms with Crippen LogP contribution < -0.4 is 11.1 Å². The Morgan fingerprint density at radius 2 is 2.20 bits per heavy atom. The predicted molar refractivity (Wildman–Crippen MR) is 71.7 cm³/mol. The monoisotopic (exact) mass is 274 g/mol. The highest BCUT2D eigenvalue weighted by Gasteiger charge is 2.34. The highest BCUT2D eigenvalue weighted by molar-refractivity contribution is 5.93. The standard InChI is InChI=1S/C12H14N6O2/c13-3-5-4-15-10-8(5)11(18-12(14)17-10)16-6-1-2-7(19)9(6)20/h4,6-7,9,19-20H,1-2H2,(H4,14,15,16,17,18)/t6-,7-,9+/m1/s1. The Morgan fingerprint density at radius 3 is 2.85 bits per heavy atom. The fraction of sp³-hybridized carbons (Fsp3) is 0.417. The number of nitrogen functional groups attached to an aromatic ring is 1. The molecular weight excluding hydrogens is 260 g/mol. The van der Waals surface area contributed by atoms with Gasteiger partial charge in [0.15, 0.2) is 0 Å². The molecule has 0 radical (unpaired) electrons. The lowest BCUT2D eigenvalue weighted by atomic mass is 10.2. The van der Waals surface area contributed by atoms with Gasteiger partial charge >= 0.3 is 0 Å². The molecule has 0 spiro atoms. The number of nitriles is 1. The molecule has 8 nitrogen and oxygen atoms in total. The second-order valence-corrected chi connectivity index (χ2v) is 4.85. The van der Waals surface area contributed by atoms with Gasteiger partial charge in [0, 0.05) is 6.20 Å². The van der Waals surface area contributed by atoms with Crippen molar-refractivity contribution in [1.29, 1.82) is 5.26 Å². The van der Waals surface area contributed by atoms with E-state index in [0.29, 0.717) is 35.3 Å². The van der Waals surface area contributed by atoms with Crippen LogP contribution in [0.15, 0.2) is 6.20 Å². The number of fused-ring (bicyclic) bond motifs is 1. The summed E-state index contributed by atoms with van der Waals surface area (Å²) < 4.78 is 0. The summed E-state index contributed by atoms with van der Waals surface area (Å²) >= 11 is 0. The van der Waals surface area contributed by atoms with Gasteiger partial charge in [0.05, 0.1) is 29.2 Å². The van der Waals surface area contributed by atoms with E-state index in [1.807, 2.05) is 0 Å². The molecule has 1 aliphatic rings. The highest BCUT2D eigenvalue weighted by atomic mass is 16.3. The third-order valence-electron chi connectivity index (χ3n) is 3.57. The van der Waals surface area contributed by atoms with Crippen LogP contribution in [-0.4, -0.2) is 43.4 Å². The van der Waals surface area contributed by atoms with Crippen LogP contribution in [0.4, 0.5) is 11.8 Å². The molecule has 6 N–H and O–H groups in total. The molecule has 2 aromatic rings. The maximum Gasteiger partial charge on any atom is 0.223 e. The van der Waals surface area contributed by atoms with E-state index >= 15 is 0 Å². The number of anilines is 2. The van der Waals surface area contributed by atoms with E-state index in [1.165, 1.54) is 6.20 Å². The fourth-order valence-electron chi connectivity index (χ4n) is 2.54. The molecule has 1 fully saturated rings. The Morgan fingerprint density at radius 1 is 1.40 bits per heavy atom. The van der Waals surface area contributed by atoms with Gasteiger partial charge in [0.2, 0.25) is 5.95 Å². The fourth-order valence-corrected chi connectivity index (χ4v) is 2.54. The number of hydrogen-bond acceptors (Lipinski definition) is 7. The molecule has 0 amide bonds. The van der Waals surface area contributed by atoms with Crippen LogP contribution in [0, 0.1) is 11.3 Å². The molecule has 0 aromatic carbocycles. The second kappa shape index (κ2) is 4.63. The van der Waals surface area contributed by atoms with Gasteiger partial charge in [-0.25, -0.2) is 0 Å². The molecule has 8 heteroatoms. The van der Waals surface area contributed by atoms with Gasteiger partial charge in [-0.05, 0) is 12.8 Å². The van der Waals surface area contributed by atoms with Crippen LogP contribution in [-0.2, 0) is 0 Å². The Bertz CT molecular complexity index is 691. The third kappa shape index (κ3) is 1.93. The van der Waals surface area contributed by atoms with Crippen molar-refractivity contribution in [3.63, 3.8) is 0 Å². The number of aromatic nitrogens is 3. The van der Waals surface area contributed by atoms with Crippen molar-refractivity contribution < 1.29 is 10.2 Å². The second-order valence-electron chi connectivity index (χ2n) is 4.85. The molecule has 0 aliphatic heterocycles. The van der Waals surface area contributed by atoms with Crippen molar-refractivity contribution >= 4 is 22.8 Å². The van der Waals surface area contributed by atoms with Gasteiger partial charge in [0.25, 0.3) is 0 Å². The molecular formula is C12H14N6O2. The summed E-state index contributed by atoms with van der Waals surface area (Å²) in [5.41, 5.74) is 6.50. The molecule has 1 saturated carbocycles. The molecule has 104 valence electrons. The number of aromatic amines is 1. The zero-order valence-electron chi connectivity index (χ0n) is 10.5. The topological polar surface area (TPSA) is 144 Å². The Labute approximate surface area is 114 Å². The summed E-state index contributed by atoms with van der Waals surface area (Å²) in [4.78, 5) is 11.0. The highest BCUT2D eigenvalue weighted by Crippen LogP contribution is 2.28. The van der Waals surface area contributed by atoms with Crippen molar-refractivity contribution in [3.05, 3.63) is 11.8 Å². The van der Waals surface area contributed by atoms with Crippen molar-refractivity contribution in [2.24, 2.45) is 0 Å². The van der Waals surface area contributed by atoms with Crippen LogP contribution in [0.2, 0.25) is 0 Å². The first-order valence-electron chi connectivity index (χ1n) is 6.27. The minimum Gasteiger partial charge on any atom is -0.390 e. The number of nitrogens with two attached hydrogens (primary N) is 1. The van der Waals surface area contributed by atoms with Crippen LogP contribution in [0.1, 0.15) is 18.4 Å². The molecule has 0 unspecified atom stereocenters. The van der Waals surface area contributed by atoms with Crippen LogP contribution in [0.25, 0.3) is 11.0 Å². The van der Waals surface area contributed by atoms with Crippen molar-refractivity contribution in [2.45, 2.75) is 31.1 Å². The predicted octanol–water partition coefficient (Wildman–Crippen LogP) is -0.292. The lowest BCUT2D eigenvalue weighted by molar-refractivity contribution is 0.0392. The zero-order chi connectivity index (χ0) is 14.3. The lowest BCUT2D eigenvalue weighted by Gasteiger charge is -2.19. The lowest BCUT2D eigenvalue weighted by Crippen LogP contribution is -2.34. The number of aliphatic hydroxyl groups excluding tert-OH is 2. The minimum atomic E-state index is -0.870. The van der Waals surface area contributed by atoms with Gasteiger partial charge in [0.1, 0.15) is 17.5 Å². The smallest absolute Gasteiger partial charge is 0.223 e. The first-order chi connectivity index (χ1) is 9.60. The van der Waals surface area contributed by atoms with E-state index < -0.39 is 12.2 Å².